The number of aryl methyl sites for hydroxylation is 1. The molecule has 3 aliphatic rings. The van der Waals surface area contributed by atoms with Crippen LogP contribution in [0.4, 0.5) is 23.8 Å². The summed E-state index contributed by atoms with van der Waals surface area (Å²) in [5.74, 6) is -0.0281. The smallest absolute Gasteiger partial charge is 0.366 e. The quantitative estimate of drug-likeness (QED) is 0.675. The molecular formula is C20H23F3N6O2. The van der Waals surface area contributed by atoms with E-state index in [2.05, 4.69) is 20.5 Å². The van der Waals surface area contributed by atoms with E-state index in [4.69, 9.17) is 0 Å². The number of alkyl halides is 3. The van der Waals surface area contributed by atoms with Gasteiger partial charge in [0.2, 0.25) is 5.91 Å². The van der Waals surface area contributed by atoms with Gasteiger partial charge in [-0.25, -0.2) is 9.78 Å². The lowest BCUT2D eigenvalue weighted by Crippen LogP contribution is -2.57. The fourth-order valence-electron chi connectivity index (χ4n) is 3.85. The highest BCUT2D eigenvalue weighted by Gasteiger charge is 2.43. The number of fused-ring (bicyclic) bond motifs is 3. The van der Waals surface area contributed by atoms with Crippen molar-refractivity contribution in [2.24, 2.45) is 0 Å². The molecule has 0 radical (unpaired) electrons. The molecule has 0 aromatic carbocycles. The van der Waals surface area contributed by atoms with Crippen LogP contribution in [-0.4, -0.2) is 64.1 Å². The van der Waals surface area contributed by atoms with Crippen LogP contribution in [0.5, 0.6) is 0 Å². The van der Waals surface area contributed by atoms with Crippen LogP contribution in [0.25, 0.3) is 0 Å². The summed E-state index contributed by atoms with van der Waals surface area (Å²) in [6.45, 7) is 4.15. The zero-order chi connectivity index (χ0) is 22.3. The summed E-state index contributed by atoms with van der Waals surface area (Å²) in [5, 5.41) is 7.69. The van der Waals surface area contributed by atoms with Crippen molar-refractivity contribution in [3.8, 4) is 0 Å². The monoisotopic (exact) mass is 436 g/mol. The molecule has 166 valence electrons. The Kier molecular flexibility index (Phi) is 5.28. The summed E-state index contributed by atoms with van der Waals surface area (Å²) >= 11 is 0. The van der Waals surface area contributed by atoms with Crippen LogP contribution in [0.2, 0.25) is 0 Å². The van der Waals surface area contributed by atoms with Crippen LogP contribution in [0.1, 0.15) is 18.9 Å². The maximum absolute atomic E-state index is 13.1. The van der Waals surface area contributed by atoms with Crippen LogP contribution in [0.3, 0.4) is 0 Å². The first-order valence-corrected chi connectivity index (χ1v) is 9.97. The third-order valence-electron chi connectivity index (χ3n) is 5.59. The van der Waals surface area contributed by atoms with E-state index in [1.165, 1.54) is 11.0 Å². The SMILES string of the molecule is Cc1ccc(NC(=O)N2C3=C(C=CC(C(=O)N[C@H](C)C(F)(F)F)N3)N3CC[C@H]2C3)nc1. The predicted octanol–water partition coefficient (Wildman–Crippen LogP) is 2.08. The second-order valence-corrected chi connectivity index (χ2v) is 7.90. The normalized spacial score (nSPS) is 23.3. The number of hydrogen-bond donors (Lipinski definition) is 3. The largest absolute Gasteiger partial charge is 0.408 e. The highest BCUT2D eigenvalue weighted by Crippen LogP contribution is 2.33. The fourth-order valence-corrected chi connectivity index (χ4v) is 3.85. The van der Waals surface area contributed by atoms with Gasteiger partial charge in [0.1, 0.15) is 23.7 Å². The minimum Gasteiger partial charge on any atom is -0.366 e. The molecule has 4 heterocycles. The minimum absolute atomic E-state index is 0.124. The van der Waals surface area contributed by atoms with Crippen molar-refractivity contribution >= 4 is 17.8 Å². The summed E-state index contributed by atoms with van der Waals surface area (Å²) < 4.78 is 38.5. The number of allylic oxidation sites excluding steroid dienone is 1. The zero-order valence-electron chi connectivity index (χ0n) is 17.0. The number of pyridine rings is 1. The third-order valence-corrected chi connectivity index (χ3v) is 5.59. The van der Waals surface area contributed by atoms with Crippen molar-refractivity contribution in [2.75, 3.05) is 18.4 Å². The van der Waals surface area contributed by atoms with Crippen molar-refractivity contribution in [1.29, 1.82) is 0 Å². The molecule has 2 bridgehead atoms. The van der Waals surface area contributed by atoms with Gasteiger partial charge in [0, 0.05) is 19.3 Å². The molecule has 31 heavy (non-hydrogen) atoms. The molecule has 1 fully saturated rings. The van der Waals surface area contributed by atoms with Gasteiger partial charge in [-0.2, -0.15) is 13.2 Å². The standard InChI is InChI=1S/C20H23F3N6O2/c1-11-3-6-16(24-9-11)27-19(31)29-13-7-8-28(10-13)15-5-4-14(26-17(15)29)18(30)25-12(2)20(21,22)23/h3-6,9,12-14,26H,7-8,10H2,1-2H3,(H,25,30)(H,24,27,31)/t12-,13+,14?/m1/s1. The lowest BCUT2D eigenvalue weighted by Gasteiger charge is -2.41. The van der Waals surface area contributed by atoms with E-state index in [0.29, 0.717) is 18.2 Å². The molecule has 0 saturated carbocycles. The first-order chi connectivity index (χ1) is 14.6. The number of halogens is 3. The van der Waals surface area contributed by atoms with E-state index in [1.54, 1.807) is 18.3 Å². The maximum atomic E-state index is 13.1. The van der Waals surface area contributed by atoms with Crippen LogP contribution < -0.4 is 16.0 Å². The van der Waals surface area contributed by atoms with Crippen molar-refractivity contribution in [2.45, 2.75) is 44.6 Å². The van der Waals surface area contributed by atoms with Crippen LogP contribution in [-0.2, 0) is 4.79 Å². The maximum Gasteiger partial charge on any atom is 0.408 e. The van der Waals surface area contributed by atoms with Gasteiger partial charge in [-0.15, -0.1) is 0 Å². The number of urea groups is 1. The van der Waals surface area contributed by atoms with Gasteiger partial charge in [-0.05, 0) is 38.0 Å². The highest BCUT2D eigenvalue weighted by atomic mass is 19.4. The molecule has 0 spiro atoms. The summed E-state index contributed by atoms with van der Waals surface area (Å²) in [4.78, 5) is 33.3. The Morgan fingerprint density at radius 1 is 1.32 bits per heavy atom. The summed E-state index contributed by atoms with van der Waals surface area (Å²) in [7, 11) is 0. The molecule has 4 rings (SSSR count). The minimum atomic E-state index is -4.54. The fraction of sp³-hybridized carbons (Fsp3) is 0.450. The number of hydrogen-bond acceptors (Lipinski definition) is 5. The average molecular weight is 436 g/mol. The Hall–Kier alpha value is -3.24. The summed E-state index contributed by atoms with van der Waals surface area (Å²) in [6, 6.07) is -0.0398. The van der Waals surface area contributed by atoms with Crippen molar-refractivity contribution in [3.05, 3.63) is 47.6 Å². The molecule has 1 aromatic rings. The Morgan fingerprint density at radius 2 is 2.10 bits per heavy atom. The Balaban J connectivity index is 1.53. The van der Waals surface area contributed by atoms with Gasteiger partial charge in [0.25, 0.3) is 0 Å². The first kappa shape index (κ1) is 21.0. The third kappa shape index (κ3) is 4.17. The molecule has 1 unspecified atom stereocenters. The summed E-state index contributed by atoms with van der Waals surface area (Å²) in [5.41, 5.74) is 1.68. The van der Waals surface area contributed by atoms with Crippen LogP contribution >= 0.6 is 0 Å². The molecular weight excluding hydrogens is 413 g/mol. The number of anilines is 1. The molecule has 3 N–H and O–H groups in total. The van der Waals surface area contributed by atoms with E-state index in [-0.39, 0.29) is 6.04 Å². The van der Waals surface area contributed by atoms with Crippen LogP contribution in [0, 0.1) is 6.92 Å². The molecule has 8 nitrogen and oxygen atoms in total. The van der Waals surface area contributed by atoms with E-state index in [0.717, 1.165) is 31.1 Å². The van der Waals surface area contributed by atoms with E-state index >= 15 is 0 Å². The molecule has 3 atom stereocenters. The number of aromatic nitrogens is 1. The molecule has 1 aromatic heterocycles. The summed E-state index contributed by atoms with van der Waals surface area (Å²) in [6.07, 6.45) is 1.02. The first-order valence-electron chi connectivity index (χ1n) is 9.97. The van der Waals surface area contributed by atoms with E-state index in [9.17, 15) is 22.8 Å². The van der Waals surface area contributed by atoms with Crippen molar-refractivity contribution in [1.82, 2.24) is 25.4 Å². The predicted molar refractivity (Wildman–Crippen MR) is 107 cm³/mol. The van der Waals surface area contributed by atoms with Gasteiger partial charge < -0.3 is 15.5 Å². The van der Waals surface area contributed by atoms with Crippen LogP contribution in [0.15, 0.2) is 42.0 Å². The van der Waals surface area contributed by atoms with Gasteiger partial charge in [0.15, 0.2) is 0 Å². The molecule has 0 aliphatic carbocycles. The highest BCUT2D eigenvalue weighted by molar-refractivity contribution is 5.91. The number of carbonyl (C=O) groups excluding carboxylic acids is 2. The Morgan fingerprint density at radius 3 is 2.77 bits per heavy atom. The second kappa shape index (κ2) is 7.78. The van der Waals surface area contributed by atoms with Gasteiger partial charge in [-0.1, -0.05) is 12.1 Å². The van der Waals surface area contributed by atoms with Gasteiger partial charge in [-0.3, -0.25) is 15.0 Å². The number of dihydropyridines is 1. The van der Waals surface area contributed by atoms with Crippen molar-refractivity contribution < 1.29 is 22.8 Å². The van der Waals surface area contributed by atoms with Gasteiger partial charge >= 0.3 is 12.2 Å². The Bertz CT molecular complexity index is 943. The average Bonchev–Trinajstić information content (AvgIpc) is 3.13. The molecule has 3 aliphatic heterocycles. The Labute approximate surface area is 177 Å². The zero-order valence-corrected chi connectivity index (χ0v) is 17.0. The number of nitrogens with zero attached hydrogens (tertiary/aromatic N) is 3. The van der Waals surface area contributed by atoms with E-state index < -0.39 is 30.2 Å². The number of nitrogens with one attached hydrogen (secondary N) is 3. The molecule has 11 heteroatoms. The number of carbonyl (C=O) groups is 2. The van der Waals surface area contributed by atoms with Gasteiger partial charge in [0.05, 0.1) is 11.7 Å². The lowest BCUT2D eigenvalue weighted by molar-refractivity contribution is -0.158. The number of rotatable bonds is 3. The van der Waals surface area contributed by atoms with Crippen molar-refractivity contribution in [3.63, 3.8) is 0 Å². The number of amides is 3. The second-order valence-electron chi connectivity index (χ2n) is 7.90. The molecule has 3 amide bonds. The van der Waals surface area contributed by atoms with E-state index in [1.807, 2.05) is 18.3 Å². The molecule has 1 saturated heterocycles. The topological polar surface area (TPSA) is 89.6 Å². The lowest BCUT2D eigenvalue weighted by atomic mass is 10.1.